The van der Waals surface area contributed by atoms with Crippen molar-refractivity contribution in [1.82, 2.24) is 10.2 Å². The number of aliphatic carboxylic acids is 1. The predicted molar refractivity (Wildman–Crippen MR) is 75.9 cm³/mol. The normalized spacial score (nSPS) is 17.8. The lowest BCUT2D eigenvalue weighted by Gasteiger charge is -2.20. The fraction of sp³-hybridized carbons (Fsp3) is 0.385. The van der Waals surface area contributed by atoms with Gasteiger partial charge in [0.1, 0.15) is 18.4 Å². The van der Waals surface area contributed by atoms with Gasteiger partial charge in [0.2, 0.25) is 0 Å². The second kappa shape index (κ2) is 7.04. The molecule has 1 aliphatic rings. The zero-order chi connectivity index (χ0) is 14.4. The van der Waals surface area contributed by atoms with E-state index in [2.05, 4.69) is 5.32 Å². The number of nitrogens with zero attached hydrogens (tertiary/aromatic N) is 1. The van der Waals surface area contributed by atoms with Crippen molar-refractivity contribution in [2.75, 3.05) is 24.8 Å². The molecule has 1 aromatic carbocycles. The highest BCUT2D eigenvalue weighted by atomic mass is 32.2. The van der Waals surface area contributed by atoms with Crippen LogP contribution in [-0.2, 0) is 4.79 Å². The fourth-order valence-electron chi connectivity index (χ4n) is 1.79. The molecule has 1 aliphatic heterocycles. The number of carbonyl (C=O) groups excluding carboxylic acids is 1. The number of thioether (sulfide) groups is 1. The second-order valence-electron chi connectivity index (χ2n) is 4.22. The number of hydrogen-bond acceptors (Lipinski definition) is 4. The van der Waals surface area contributed by atoms with E-state index in [4.69, 9.17) is 9.84 Å². The highest BCUT2D eigenvalue weighted by Gasteiger charge is 2.34. The van der Waals surface area contributed by atoms with E-state index >= 15 is 0 Å². The third-order valence-corrected chi connectivity index (χ3v) is 3.83. The number of para-hydroxylation sites is 1. The number of hydrogen-bond donors (Lipinski definition) is 2. The molecule has 1 heterocycles. The molecule has 2 rings (SSSR count). The maximum atomic E-state index is 11.9. The van der Waals surface area contributed by atoms with Crippen molar-refractivity contribution in [3.8, 4) is 5.75 Å². The number of carboxylic acid groups (broad SMARTS) is 1. The SMILES string of the molecule is O=C(O)[C@@H]1CSCN1C(=O)NCCOc1ccccc1. The maximum absolute atomic E-state index is 11.9. The number of nitrogens with one attached hydrogen (secondary N) is 1. The summed E-state index contributed by atoms with van der Waals surface area (Å²) in [6.45, 7) is 0.676. The summed E-state index contributed by atoms with van der Waals surface area (Å²) >= 11 is 1.44. The highest BCUT2D eigenvalue weighted by molar-refractivity contribution is 7.99. The summed E-state index contributed by atoms with van der Waals surface area (Å²) in [5, 5.41) is 11.7. The maximum Gasteiger partial charge on any atom is 0.327 e. The van der Waals surface area contributed by atoms with Gasteiger partial charge >= 0.3 is 12.0 Å². The molecule has 0 spiro atoms. The number of amides is 2. The van der Waals surface area contributed by atoms with Gasteiger partial charge in [-0.1, -0.05) is 18.2 Å². The van der Waals surface area contributed by atoms with Crippen molar-refractivity contribution in [2.45, 2.75) is 6.04 Å². The molecule has 2 amide bonds. The average Bonchev–Trinajstić information content (AvgIpc) is 2.94. The van der Waals surface area contributed by atoms with Crippen LogP contribution < -0.4 is 10.1 Å². The summed E-state index contributed by atoms with van der Waals surface area (Å²) < 4.78 is 5.44. The Morgan fingerprint density at radius 2 is 2.15 bits per heavy atom. The molecule has 0 aliphatic carbocycles. The number of rotatable bonds is 5. The first-order chi connectivity index (χ1) is 9.68. The van der Waals surface area contributed by atoms with Crippen molar-refractivity contribution in [1.29, 1.82) is 0 Å². The zero-order valence-corrected chi connectivity index (χ0v) is 11.6. The van der Waals surface area contributed by atoms with Crippen molar-refractivity contribution in [3.63, 3.8) is 0 Å². The van der Waals surface area contributed by atoms with Crippen molar-refractivity contribution >= 4 is 23.8 Å². The third kappa shape index (κ3) is 3.80. The van der Waals surface area contributed by atoms with Crippen LogP contribution in [0.5, 0.6) is 5.75 Å². The van der Waals surface area contributed by atoms with Gasteiger partial charge in [0.05, 0.1) is 12.4 Å². The van der Waals surface area contributed by atoms with E-state index < -0.39 is 12.0 Å². The first-order valence-corrected chi connectivity index (χ1v) is 7.37. The molecule has 1 saturated heterocycles. The molecular weight excluding hydrogens is 280 g/mol. The molecule has 0 aromatic heterocycles. The van der Waals surface area contributed by atoms with Crippen LogP contribution in [0.1, 0.15) is 0 Å². The molecule has 1 aromatic rings. The van der Waals surface area contributed by atoms with Gasteiger partial charge in [0.25, 0.3) is 0 Å². The Labute approximate surface area is 121 Å². The van der Waals surface area contributed by atoms with E-state index in [1.54, 1.807) is 0 Å². The molecule has 2 N–H and O–H groups in total. The Morgan fingerprint density at radius 1 is 1.40 bits per heavy atom. The lowest BCUT2D eigenvalue weighted by atomic mass is 10.3. The van der Waals surface area contributed by atoms with Crippen LogP contribution in [0.2, 0.25) is 0 Å². The Kier molecular flexibility index (Phi) is 5.11. The average molecular weight is 296 g/mol. The van der Waals surface area contributed by atoms with Crippen molar-refractivity contribution in [2.24, 2.45) is 0 Å². The quantitative estimate of drug-likeness (QED) is 0.799. The van der Waals surface area contributed by atoms with E-state index in [-0.39, 0.29) is 6.03 Å². The highest BCUT2D eigenvalue weighted by Crippen LogP contribution is 2.20. The molecule has 0 unspecified atom stereocenters. The summed E-state index contributed by atoms with van der Waals surface area (Å²) in [5.74, 6) is 0.610. The minimum Gasteiger partial charge on any atom is -0.492 e. The smallest absolute Gasteiger partial charge is 0.327 e. The lowest BCUT2D eigenvalue weighted by Crippen LogP contribution is -2.47. The molecule has 6 nitrogen and oxygen atoms in total. The van der Waals surface area contributed by atoms with Gasteiger partial charge in [0, 0.05) is 5.75 Å². The van der Waals surface area contributed by atoms with Crippen LogP contribution in [0.4, 0.5) is 4.79 Å². The van der Waals surface area contributed by atoms with Gasteiger partial charge in [-0.25, -0.2) is 9.59 Å². The Morgan fingerprint density at radius 3 is 2.85 bits per heavy atom. The molecule has 0 saturated carbocycles. The van der Waals surface area contributed by atoms with Crippen LogP contribution >= 0.6 is 11.8 Å². The van der Waals surface area contributed by atoms with Crippen LogP contribution in [0.3, 0.4) is 0 Å². The third-order valence-electron chi connectivity index (χ3n) is 2.82. The molecule has 0 bridgehead atoms. The van der Waals surface area contributed by atoms with E-state index in [1.807, 2.05) is 30.3 Å². The molecule has 1 fully saturated rings. The van der Waals surface area contributed by atoms with Crippen LogP contribution in [0.25, 0.3) is 0 Å². The van der Waals surface area contributed by atoms with E-state index in [9.17, 15) is 9.59 Å². The Bertz CT molecular complexity index is 469. The molecule has 0 radical (unpaired) electrons. The van der Waals surface area contributed by atoms with Crippen LogP contribution in [0, 0.1) is 0 Å². The number of ether oxygens (including phenoxy) is 1. The first kappa shape index (κ1) is 14.5. The van der Waals surface area contributed by atoms with Crippen LogP contribution in [-0.4, -0.2) is 52.8 Å². The summed E-state index contributed by atoms with van der Waals surface area (Å²) in [7, 11) is 0. The topological polar surface area (TPSA) is 78.9 Å². The molecule has 20 heavy (non-hydrogen) atoms. The monoisotopic (exact) mass is 296 g/mol. The number of benzene rings is 1. The Hall–Kier alpha value is -1.89. The molecular formula is C13H16N2O4S. The predicted octanol–water partition coefficient (Wildman–Crippen LogP) is 1.23. The second-order valence-corrected chi connectivity index (χ2v) is 5.22. The summed E-state index contributed by atoms with van der Waals surface area (Å²) in [4.78, 5) is 24.2. The molecule has 1 atom stereocenters. The van der Waals surface area contributed by atoms with E-state index in [1.165, 1.54) is 16.7 Å². The zero-order valence-electron chi connectivity index (χ0n) is 10.8. The fourth-order valence-corrected chi connectivity index (χ4v) is 2.94. The van der Waals surface area contributed by atoms with Gasteiger partial charge in [0.15, 0.2) is 0 Å². The Balaban J connectivity index is 1.71. The van der Waals surface area contributed by atoms with Crippen molar-refractivity contribution < 1.29 is 19.4 Å². The summed E-state index contributed by atoms with van der Waals surface area (Å²) in [5.41, 5.74) is 0. The van der Waals surface area contributed by atoms with E-state index in [0.29, 0.717) is 24.8 Å². The lowest BCUT2D eigenvalue weighted by molar-refractivity contribution is -0.140. The van der Waals surface area contributed by atoms with Gasteiger partial charge in [-0.15, -0.1) is 11.8 Å². The summed E-state index contributed by atoms with van der Waals surface area (Å²) in [6, 6.07) is 8.19. The van der Waals surface area contributed by atoms with Gasteiger partial charge in [-0.2, -0.15) is 0 Å². The standard InChI is InChI=1S/C13H16N2O4S/c16-12(17)11-8-20-9-15(11)13(18)14-6-7-19-10-4-2-1-3-5-10/h1-5,11H,6-9H2,(H,14,18)(H,16,17)/t11-/m0/s1. The van der Waals surface area contributed by atoms with Gasteiger partial charge in [-0.05, 0) is 12.1 Å². The van der Waals surface area contributed by atoms with Crippen molar-refractivity contribution in [3.05, 3.63) is 30.3 Å². The number of carboxylic acids is 1. The van der Waals surface area contributed by atoms with Gasteiger partial charge < -0.3 is 20.1 Å². The first-order valence-electron chi connectivity index (χ1n) is 6.21. The number of carbonyl (C=O) groups is 2. The summed E-state index contributed by atoms with van der Waals surface area (Å²) in [6.07, 6.45) is 0. The minimum absolute atomic E-state index is 0.335. The molecule has 108 valence electrons. The van der Waals surface area contributed by atoms with Crippen LogP contribution in [0.15, 0.2) is 30.3 Å². The largest absolute Gasteiger partial charge is 0.492 e. The molecule has 7 heteroatoms. The van der Waals surface area contributed by atoms with E-state index in [0.717, 1.165) is 5.75 Å². The number of urea groups is 1. The van der Waals surface area contributed by atoms with Gasteiger partial charge in [-0.3, -0.25) is 0 Å². The minimum atomic E-state index is -0.967.